The Kier molecular flexibility index (Phi) is 4.79. The van der Waals surface area contributed by atoms with Gasteiger partial charge in [0.1, 0.15) is 6.10 Å². The second-order valence-corrected chi connectivity index (χ2v) is 8.05. The average molecular weight is 421 g/mol. The summed E-state index contributed by atoms with van der Waals surface area (Å²) in [6.07, 6.45) is -1.65. The quantitative estimate of drug-likeness (QED) is 0.748. The van der Waals surface area contributed by atoms with Gasteiger partial charge in [0.25, 0.3) is 0 Å². The van der Waals surface area contributed by atoms with Crippen LogP contribution in [0.2, 0.25) is 0 Å². The summed E-state index contributed by atoms with van der Waals surface area (Å²) in [6.45, 7) is 7.88. The highest BCUT2D eigenvalue weighted by atomic mass is 19.1. The van der Waals surface area contributed by atoms with E-state index in [9.17, 15) is 4.79 Å². The maximum Gasteiger partial charge on any atom is 0.416 e. The fourth-order valence-electron chi connectivity index (χ4n) is 4.41. The molecule has 3 saturated heterocycles. The Morgan fingerprint density at radius 3 is 2.40 bits per heavy atom. The topological polar surface area (TPSA) is 86.5 Å². The number of fused-ring (bicyclic) bond motifs is 1. The van der Waals surface area contributed by atoms with E-state index in [1.807, 2.05) is 18.7 Å². The molecule has 1 aromatic heterocycles. The van der Waals surface area contributed by atoms with Gasteiger partial charge in [0.05, 0.1) is 43.0 Å². The van der Waals surface area contributed by atoms with E-state index in [0.29, 0.717) is 49.5 Å². The molecule has 0 aliphatic carbocycles. The zero-order valence-electron chi connectivity index (χ0n) is 17.1. The Morgan fingerprint density at radius 1 is 1.07 bits per heavy atom. The summed E-state index contributed by atoms with van der Waals surface area (Å²) in [4.78, 5) is 15.5. The number of carbonyl (C=O) groups excluding carboxylic acids is 1. The first-order valence-corrected chi connectivity index (χ1v) is 10.2. The molecule has 0 unspecified atom stereocenters. The fraction of sp³-hybridized carbons (Fsp3) is 0.600. The molecule has 10 heteroatoms. The van der Waals surface area contributed by atoms with Crippen molar-refractivity contribution >= 4 is 28.6 Å². The molecule has 2 aromatic rings. The highest BCUT2D eigenvalue weighted by Crippen LogP contribution is 2.42. The van der Waals surface area contributed by atoms with Gasteiger partial charge in [-0.1, -0.05) is 5.16 Å². The van der Waals surface area contributed by atoms with Crippen molar-refractivity contribution < 1.29 is 32.7 Å². The molecule has 5 rings (SSSR count). The number of ether oxygens (including phenoxy) is 4. The third-order valence-corrected chi connectivity index (χ3v) is 5.52. The molecule has 0 bridgehead atoms. The molecule has 0 radical (unpaired) electrons. The van der Waals surface area contributed by atoms with Gasteiger partial charge in [0.15, 0.2) is 17.9 Å². The number of halogens is 1. The number of cyclic esters (lactones) is 1. The van der Waals surface area contributed by atoms with E-state index >= 15 is 4.39 Å². The first-order valence-electron chi connectivity index (χ1n) is 10.2. The van der Waals surface area contributed by atoms with Crippen molar-refractivity contribution in [3.63, 3.8) is 0 Å². The van der Waals surface area contributed by atoms with E-state index in [-0.39, 0.29) is 29.7 Å². The van der Waals surface area contributed by atoms with Crippen LogP contribution in [0.5, 0.6) is 0 Å². The largest absolute Gasteiger partial charge is 0.444 e. The molecule has 1 aromatic carbocycles. The molecular formula is C20H24FN3O6. The summed E-state index contributed by atoms with van der Waals surface area (Å²) in [6, 6.07) is 1.75. The van der Waals surface area contributed by atoms with Crippen LogP contribution in [0.15, 0.2) is 10.6 Å². The third-order valence-electron chi connectivity index (χ3n) is 5.52. The van der Waals surface area contributed by atoms with Crippen LogP contribution in [0.25, 0.3) is 11.0 Å². The van der Waals surface area contributed by atoms with Crippen molar-refractivity contribution in [1.82, 2.24) is 5.16 Å². The molecule has 3 aliphatic rings. The lowest BCUT2D eigenvalue weighted by molar-refractivity contribution is -0.0445. The van der Waals surface area contributed by atoms with Gasteiger partial charge in [0.2, 0.25) is 5.58 Å². The second-order valence-electron chi connectivity index (χ2n) is 8.05. The van der Waals surface area contributed by atoms with E-state index in [4.69, 9.17) is 23.5 Å². The summed E-state index contributed by atoms with van der Waals surface area (Å²) >= 11 is 0. The Labute approximate surface area is 172 Å². The van der Waals surface area contributed by atoms with Gasteiger partial charge >= 0.3 is 6.09 Å². The zero-order valence-corrected chi connectivity index (χ0v) is 17.1. The maximum atomic E-state index is 15.8. The molecule has 0 spiro atoms. The summed E-state index contributed by atoms with van der Waals surface area (Å²) in [5.41, 5.74) is 0.890. The smallest absolute Gasteiger partial charge is 0.416 e. The number of morpholine rings is 1. The Bertz CT molecular complexity index is 965. The molecule has 3 atom stereocenters. The number of hydrogen-bond acceptors (Lipinski definition) is 8. The number of nitrogens with zero attached hydrogens (tertiary/aromatic N) is 3. The van der Waals surface area contributed by atoms with Crippen LogP contribution in [0, 0.1) is 5.82 Å². The minimum absolute atomic E-state index is 0.0131. The van der Waals surface area contributed by atoms with Gasteiger partial charge in [-0.3, -0.25) is 4.90 Å². The molecule has 3 aliphatic heterocycles. The molecule has 0 N–H and O–H groups in total. The lowest BCUT2D eigenvalue weighted by Gasteiger charge is -2.38. The van der Waals surface area contributed by atoms with Gasteiger partial charge in [-0.2, -0.15) is 0 Å². The number of hydrogen-bond donors (Lipinski definition) is 0. The van der Waals surface area contributed by atoms with Crippen LogP contribution in [-0.2, 0) is 18.9 Å². The lowest BCUT2D eigenvalue weighted by Crippen LogP contribution is -2.46. The lowest BCUT2D eigenvalue weighted by atomic mass is 10.0. The third kappa shape index (κ3) is 3.19. The molecule has 3 fully saturated rings. The van der Waals surface area contributed by atoms with E-state index < -0.39 is 18.2 Å². The van der Waals surface area contributed by atoms with Crippen LogP contribution in [0.3, 0.4) is 0 Å². The number of carbonyl (C=O) groups is 1. The monoisotopic (exact) mass is 421 g/mol. The van der Waals surface area contributed by atoms with E-state index in [2.05, 4.69) is 5.16 Å². The Hall–Kier alpha value is -2.43. The zero-order chi connectivity index (χ0) is 21.0. The van der Waals surface area contributed by atoms with Crippen molar-refractivity contribution in [2.24, 2.45) is 0 Å². The van der Waals surface area contributed by atoms with Crippen molar-refractivity contribution in [3.8, 4) is 0 Å². The average Bonchev–Trinajstić information content (AvgIpc) is 3.40. The highest BCUT2D eigenvalue weighted by molar-refractivity contribution is 6.00. The van der Waals surface area contributed by atoms with Gasteiger partial charge in [-0.05, 0) is 26.8 Å². The number of anilines is 2. The molecule has 1 amide bonds. The van der Waals surface area contributed by atoms with Crippen LogP contribution >= 0.6 is 0 Å². The van der Waals surface area contributed by atoms with Crippen LogP contribution in [-0.4, -0.2) is 62.4 Å². The molecule has 0 saturated carbocycles. The minimum Gasteiger partial charge on any atom is -0.444 e. The standard InChI is InChI=1S/C20H24FN3O6/c1-10-7-23(8-11(2)28-10)16-13(19-26-4-5-27-19)6-14-17(15(16)21)30-22-18(14)24-9-12(3)29-20(24)25/h6,10-12,19H,4-5,7-9H2,1-3H3/t10-,11-,12-/m1/s1. The summed E-state index contributed by atoms with van der Waals surface area (Å²) in [5.74, 6) is -0.324. The first-order chi connectivity index (χ1) is 14.4. The van der Waals surface area contributed by atoms with Crippen molar-refractivity contribution in [1.29, 1.82) is 0 Å². The number of benzene rings is 1. The van der Waals surface area contributed by atoms with E-state index in [0.717, 1.165) is 0 Å². The first kappa shape index (κ1) is 19.5. The van der Waals surface area contributed by atoms with Crippen molar-refractivity contribution in [2.75, 3.05) is 42.6 Å². The van der Waals surface area contributed by atoms with Gasteiger partial charge in [-0.25, -0.2) is 9.18 Å². The Balaban J connectivity index is 1.65. The normalized spacial score (nSPS) is 28.0. The molecule has 30 heavy (non-hydrogen) atoms. The number of amides is 1. The van der Waals surface area contributed by atoms with Gasteiger partial charge < -0.3 is 28.4 Å². The van der Waals surface area contributed by atoms with Gasteiger partial charge in [-0.15, -0.1) is 0 Å². The van der Waals surface area contributed by atoms with E-state index in [1.54, 1.807) is 13.0 Å². The minimum atomic E-state index is -0.709. The number of aromatic nitrogens is 1. The van der Waals surface area contributed by atoms with Crippen molar-refractivity contribution in [3.05, 3.63) is 17.4 Å². The maximum absolute atomic E-state index is 15.8. The molecule has 162 valence electrons. The molecular weight excluding hydrogens is 397 g/mol. The van der Waals surface area contributed by atoms with Gasteiger partial charge in [0, 0.05) is 18.7 Å². The predicted molar refractivity (Wildman–Crippen MR) is 104 cm³/mol. The van der Waals surface area contributed by atoms with E-state index in [1.165, 1.54) is 4.90 Å². The molecule has 9 nitrogen and oxygen atoms in total. The van der Waals surface area contributed by atoms with Crippen molar-refractivity contribution in [2.45, 2.75) is 45.4 Å². The fourth-order valence-corrected chi connectivity index (χ4v) is 4.41. The second kappa shape index (κ2) is 7.36. The van der Waals surface area contributed by atoms with Crippen LogP contribution < -0.4 is 9.80 Å². The van der Waals surface area contributed by atoms with Crippen LogP contribution in [0.4, 0.5) is 20.7 Å². The molecule has 4 heterocycles. The predicted octanol–water partition coefficient (Wildman–Crippen LogP) is 2.97. The Morgan fingerprint density at radius 2 is 1.77 bits per heavy atom. The summed E-state index contributed by atoms with van der Waals surface area (Å²) in [5, 5.41) is 4.37. The SMILES string of the molecule is C[C@@H]1CN(c2noc3c(F)c(N4C[C@@H](C)O[C@H](C)C4)c(C4OCCO4)cc23)C(=O)O1. The highest BCUT2D eigenvalue weighted by Gasteiger charge is 2.37. The summed E-state index contributed by atoms with van der Waals surface area (Å²) in [7, 11) is 0. The number of rotatable bonds is 3. The van der Waals surface area contributed by atoms with Crippen LogP contribution in [0.1, 0.15) is 32.6 Å². The summed E-state index contributed by atoms with van der Waals surface area (Å²) < 4.78 is 43.6.